The second-order valence-electron chi connectivity index (χ2n) is 7.60. The third kappa shape index (κ3) is 5.74. The molecule has 0 aromatic heterocycles. The fourth-order valence-corrected chi connectivity index (χ4v) is 3.15. The van der Waals surface area contributed by atoms with Crippen LogP contribution >= 0.6 is 0 Å². The maximum absolute atomic E-state index is 13.2. The number of carbonyl (C=O) groups is 1. The van der Waals surface area contributed by atoms with Crippen molar-refractivity contribution in [3.05, 3.63) is 59.4 Å². The minimum Gasteiger partial charge on any atom is -0.493 e. The summed E-state index contributed by atoms with van der Waals surface area (Å²) in [5.41, 5.74) is 1.63. The number of benzene rings is 2. The Balaban J connectivity index is 1.55. The van der Waals surface area contributed by atoms with Crippen LogP contribution in [0.3, 0.4) is 0 Å². The van der Waals surface area contributed by atoms with Gasteiger partial charge in [0.25, 0.3) is 0 Å². The third-order valence-corrected chi connectivity index (χ3v) is 5.15. The highest BCUT2D eigenvalue weighted by atomic mass is 19.1. The zero-order valence-electron chi connectivity index (χ0n) is 16.7. The molecular formula is C24H25FO4. The first-order valence-electron chi connectivity index (χ1n) is 9.67. The Morgan fingerprint density at radius 2 is 1.86 bits per heavy atom. The van der Waals surface area contributed by atoms with Crippen molar-refractivity contribution >= 4 is 5.97 Å². The Bertz CT molecular complexity index is 920. The van der Waals surface area contributed by atoms with Gasteiger partial charge in [-0.05, 0) is 68.1 Å². The largest absolute Gasteiger partial charge is 0.493 e. The van der Waals surface area contributed by atoms with Crippen LogP contribution in [0.25, 0.3) is 0 Å². The van der Waals surface area contributed by atoms with E-state index in [9.17, 15) is 9.18 Å². The van der Waals surface area contributed by atoms with Gasteiger partial charge in [-0.25, -0.2) is 4.39 Å². The number of halogens is 1. The minimum absolute atomic E-state index is 0.0149. The molecular weight excluding hydrogens is 371 g/mol. The molecule has 0 heterocycles. The molecule has 29 heavy (non-hydrogen) atoms. The Kier molecular flexibility index (Phi) is 6.43. The number of carboxylic acid groups (broad SMARTS) is 1. The van der Waals surface area contributed by atoms with Crippen LogP contribution < -0.4 is 9.47 Å². The topological polar surface area (TPSA) is 55.8 Å². The van der Waals surface area contributed by atoms with Crippen molar-refractivity contribution in [2.45, 2.75) is 39.0 Å². The fourth-order valence-electron chi connectivity index (χ4n) is 3.15. The van der Waals surface area contributed by atoms with E-state index in [2.05, 4.69) is 11.8 Å². The van der Waals surface area contributed by atoms with Crippen LogP contribution in [0.5, 0.6) is 11.5 Å². The van der Waals surface area contributed by atoms with Crippen LogP contribution in [0.1, 0.15) is 43.2 Å². The van der Waals surface area contributed by atoms with Crippen molar-refractivity contribution in [2.24, 2.45) is 5.41 Å². The molecule has 2 aromatic carbocycles. The molecule has 0 aliphatic heterocycles. The van der Waals surface area contributed by atoms with E-state index in [0.717, 1.165) is 29.7 Å². The number of aliphatic carboxylic acids is 1. The highest BCUT2D eigenvalue weighted by molar-refractivity contribution is 5.69. The molecule has 5 heteroatoms. The summed E-state index contributed by atoms with van der Waals surface area (Å²) in [6.07, 6.45) is 2.03. The number of aryl methyl sites for hydroxylation is 1. The minimum atomic E-state index is -0.870. The molecule has 0 bridgehead atoms. The number of carboxylic acids is 1. The number of rotatable bonds is 9. The smallest absolute Gasteiger partial charge is 0.304 e. The summed E-state index contributed by atoms with van der Waals surface area (Å²) < 4.78 is 25.1. The number of hydrogen-bond acceptors (Lipinski definition) is 3. The van der Waals surface area contributed by atoms with Gasteiger partial charge in [0.2, 0.25) is 0 Å². The van der Waals surface area contributed by atoms with Crippen LogP contribution in [0.15, 0.2) is 42.5 Å². The van der Waals surface area contributed by atoms with Crippen LogP contribution in [0.4, 0.5) is 4.39 Å². The first kappa shape index (κ1) is 20.7. The Morgan fingerprint density at radius 1 is 1.17 bits per heavy atom. The molecule has 1 saturated carbocycles. The fraction of sp³-hybridized carbons (Fsp3) is 0.375. The van der Waals surface area contributed by atoms with Gasteiger partial charge in [0.15, 0.2) is 0 Å². The lowest BCUT2D eigenvalue weighted by atomic mass is 9.96. The van der Waals surface area contributed by atoms with Crippen molar-refractivity contribution in [1.82, 2.24) is 0 Å². The predicted octanol–water partition coefficient (Wildman–Crippen LogP) is 4.95. The van der Waals surface area contributed by atoms with Gasteiger partial charge >= 0.3 is 5.97 Å². The van der Waals surface area contributed by atoms with E-state index in [1.807, 2.05) is 31.2 Å². The van der Waals surface area contributed by atoms with Crippen LogP contribution in [-0.2, 0) is 4.79 Å². The van der Waals surface area contributed by atoms with Gasteiger partial charge in [-0.2, -0.15) is 0 Å². The van der Waals surface area contributed by atoms with Crippen molar-refractivity contribution in [3.8, 4) is 23.3 Å². The molecule has 0 amide bonds. The Morgan fingerprint density at radius 3 is 2.45 bits per heavy atom. The molecule has 152 valence electrons. The maximum atomic E-state index is 13.2. The third-order valence-electron chi connectivity index (χ3n) is 5.15. The summed E-state index contributed by atoms with van der Waals surface area (Å²) >= 11 is 0. The van der Waals surface area contributed by atoms with Gasteiger partial charge in [0.1, 0.15) is 17.3 Å². The van der Waals surface area contributed by atoms with E-state index in [1.165, 1.54) is 12.1 Å². The average molecular weight is 396 g/mol. The molecule has 1 fully saturated rings. The summed E-state index contributed by atoms with van der Waals surface area (Å²) in [6.45, 7) is 4.61. The highest BCUT2D eigenvalue weighted by Crippen LogP contribution is 2.46. The monoisotopic (exact) mass is 396 g/mol. The molecule has 1 N–H and O–H groups in total. The molecule has 1 unspecified atom stereocenters. The molecule has 0 saturated heterocycles. The molecule has 1 aliphatic carbocycles. The lowest BCUT2D eigenvalue weighted by Gasteiger charge is -2.18. The van der Waals surface area contributed by atoms with Crippen molar-refractivity contribution in [1.29, 1.82) is 0 Å². The predicted molar refractivity (Wildman–Crippen MR) is 109 cm³/mol. The second-order valence-corrected chi connectivity index (χ2v) is 7.60. The molecule has 2 aromatic rings. The zero-order valence-corrected chi connectivity index (χ0v) is 16.7. The van der Waals surface area contributed by atoms with Gasteiger partial charge in [0.05, 0.1) is 25.6 Å². The lowest BCUT2D eigenvalue weighted by Crippen LogP contribution is -2.21. The zero-order chi connectivity index (χ0) is 20.9. The Hall–Kier alpha value is -3.00. The normalized spacial score (nSPS) is 15.0. The van der Waals surface area contributed by atoms with Gasteiger partial charge in [-0.1, -0.05) is 18.1 Å². The quantitative estimate of drug-likeness (QED) is 0.609. The van der Waals surface area contributed by atoms with Crippen molar-refractivity contribution in [3.63, 3.8) is 0 Å². The summed E-state index contributed by atoms with van der Waals surface area (Å²) in [4.78, 5) is 11.0. The number of ether oxygens (including phenoxy) is 2. The molecule has 3 rings (SSSR count). The van der Waals surface area contributed by atoms with E-state index in [4.69, 9.17) is 14.6 Å². The summed E-state index contributed by atoms with van der Waals surface area (Å²) in [6, 6.07) is 12.0. The molecule has 0 spiro atoms. The van der Waals surface area contributed by atoms with E-state index in [0.29, 0.717) is 19.0 Å². The summed E-state index contributed by atoms with van der Waals surface area (Å²) in [5.74, 6) is 5.71. The first-order valence-corrected chi connectivity index (χ1v) is 9.67. The van der Waals surface area contributed by atoms with Crippen molar-refractivity contribution in [2.75, 3.05) is 13.2 Å². The molecule has 0 radical (unpaired) electrons. The summed E-state index contributed by atoms with van der Waals surface area (Å²) in [7, 11) is 0. The molecule has 1 aliphatic rings. The van der Waals surface area contributed by atoms with Crippen LogP contribution in [-0.4, -0.2) is 24.3 Å². The van der Waals surface area contributed by atoms with E-state index in [-0.39, 0.29) is 23.6 Å². The van der Waals surface area contributed by atoms with Crippen molar-refractivity contribution < 1.29 is 23.8 Å². The maximum Gasteiger partial charge on any atom is 0.304 e. The summed E-state index contributed by atoms with van der Waals surface area (Å²) in [5, 5.41) is 9.05. The van der Waals surface area contributed by atoms with E-state index in [1.54, 1.807) is 13.0 Å². The number of hydrogen-bond donors (Lipinski definition) is 1. The average Bonchev–Trinajstić information content (AvgIpc) is 3.46. The Labute approximate surface area is 170 Å². The lowest BCUT2D eigenvalue weighted by molar-refractivity contribution is -0.137. The van der Waals surface area contributed by atoms with Gasteiger partial charge in [-0.3, -0.25) is 4.79 Å². The molecule has 1 atom stereocenters. The molecule has 4 nitrogen and oxygen atoms in total. The van der Waals surface area contributed by atoms with E-state index < -0.39 is 5.97 Å². The van der Waals surface area contributed by atoms with E-state index >= 15 is 0 Å². The second kappa shape index (κ2) is 9.00. The van der Waals surface area contributed by atoms with Gasteiger partial charge < -0.3 is 14.6 Å². The van der Waals surface area contributed by atoms with Crippen LogP contribution in [0, 0.1) is 30.0 Å². The first-order chi connectivity index (χ1) is 13.9. The highest BCUT2D eigenvalue weighted by Gasteiger charge is 2.44. The SMILES string of the molecule is CC#CC(CC(=O)O)c1ccc(OCC2(COc3ccc(F)cc3C)CC2)cc1. The van der Waals surface area contributed by atoms with Crippen LogP contribution in [0.2, 0.25) is 0 Å². The van der Waals surface area contributed by atoms with Gasteiger partial charge in [-0.15, -0.1) is 5.92 Å². The standard InChI is InChI=1S/C24H25FO4/c1-3-4-19(14-23(26)27)18-5-8-21(9-6-18)28-15-24(11-12-24)16-29-22-10-7-20(25)13-17(22)2/h5-10,13,19H,11-12,14-16H2,1-2H3,(H,26,27). The van der Waals surface area contributed by atoms with Gasteiger partial charge in [0, 0.05) is 5.41 Å².